The van der Waals surface area contributed by atoms with E-state index in [0.717, 1.165) is 5.56 Å². The molecule has 112 valence electrons. The van der Waals surface area contributed by atoms with E-state index in [2.05, 4.69) is 33.9 Å². The van der Waals surface area contributed by atoms with E-state index in [-0.39, 0.29) is 4.90 Å². The van der Waals surface area contributed by atoms with Crippen LogP contribution in [-0.2, 0) is 10.0 Å². The van der Waals surface area contributed by atoms with Gasteiger partial charge in [-0.15, -0.1) is 0 Å². The SMILES string of the molecule is CNc1ncc(S(=O)(=O)Nc2cccc(C(C)C)c2)cn1. The van der Waals surface area contributed by atoms with Crippen LogP contribution in [0.2, 0.25) is 0 Å². The molecule has 0 radical (unpaired) electrons. The Morgan fingerprint density at radius 1 is 1.14 bits per heavy atom. The molecule has 0 unspecified atom stereocenters. The number of aromatic nitrogens is 2. The van der Waals surface area contributed by atoms with Crippen LogP contribution in [-0.4, -0.2) is 25.4 Å². The highest BCUT2D eigenvalue weighted by Gasteiger charge is 2.15. The Balaban J connectivity index is 2.26. The lowest BCUT2D eigenvalue weighted by Gasteiger charge is -2.11. The van der Waals surface area contributed by atoms with Crippen molar-refractivity contribution in [2.45, 2.75) is 24.7 Å². The Morgan fingerprint density at radius 2 is 1.81 bits per heavy atom. The Kier molecular flexibility index (Phi) is 4.42. The minimum absolute atomic E-state index is 0.0245. The van der Waals surface area contributed by atoms with Gasteiger partial charge in [-0.05, 0) is 23.6 Å². The number of anilines is 2. The van der Waals surface area contributed by atoms with Crippen molar-refractivity contribution in [3.8, 4) is 0 Å². The van der Waals surface area contributed by atoms with Crippen molar-refractivity contribution in [2.24, 2.45) is 0 Å². The smallest absolute Gasteiger partial charge is 0.264 e. The van der Waals surface area contributed by atoms with E-state index in [1.165, 1.54) is 12.4 Å². The highest BCUT2D eigenvalue weighted by Crippen LogP contribution is 2.21. The van der Waals surface area contributed by atoms with E-state index in [9.17, 15) is 8.42 Å². The minimum Gasteiger partial charge on any atom is -0.357 e. The van der Waals surface area contributed by atoms with Gasteiger partial charge in [-0.1, -0.05) is 26.0 Å². The summed E-state index contributed by atoms with van der Waals surface area (Å²) in [6.07, 6.45) is 2.54. The van der Waals surface area contributed by atoms with Crippen LogP contribution in [0.4, 0.5) is 11.6 Å². The molecule has 7 heteroatoms. The van der Waals surface area contributed by atoms with Crippen molar-refractivity contribution in [2.75, 3.05) is 17.1 Å². The fourth-order valence-corrected chi connectivity index (χ4v) is 2.70. The van der Waals surface area contributed by atoms with Crippen molar-refractivity contribution >= 4 is 21.7 Å². The molecule has 0 bridgehead atoms. The van der Waals surface area contributed by atoms with Crippen LogP contribution in [0.15, 0.2) is 41.6 Å². The summed E-state index contributed by atoms with van der Waals surface area (Å²) >= 11 is 0. The third kappa shape index (κ3) is 3.69. The molecular weight excluding hydrogens is 288 g/mol. The zero-order valence-electron chi connectivity index (χ0n) is 12.2. The molecule has 0 spiro atoms. The van der Waals surface area contributed by atoms with Gasteiger partial charge in [-0.25, -0.2) is 18.4 Å². The van der Waals surface area contributed by atoms with E-state index >= 15 is 0 Å². The van der Waals surface area contributed by atoms with Gasteiger partial charge in [0.2, 0.25) is 5.95 Å². The number of benzene rings is 1. The van der Waals surface area contributed by atoms with Gasteiger partial charge < -0.3 is 5.32 Å². The molecule has 0 atom stereocenters. The van der Waals surface area contributed by atoms with E-state index in [1.807, 2.05) is 18.2 Å². The summed E-state index contributed by atoms with van der Waals surface area (Å²) in [5.74, 6) is 0.698. The lowest BCUT2D eigenvalue weighted by atomic mass is 10.0. The topological polar surface area (TPSA) is 84.0 Å². The summed E-state index contributed by atoms with van der Waals surface area (Å²) in [4.78, 5) is 7.84. The van der Waals surface area contributed by atoms with E-state index in [0.29, 0.717) is 17.6 Å². The largest absolute Gasteiger partial charge is 0.357 e. The Bertz CT molecular complexity index is 712. The molecule has 2 aromatic rings. The Hall–Kier alpha value is -2.15. The zero-order valence-corrected chi connectivity index (χ0v) is 13.0. The summed E-state index contributed by atoms with van der Waals surface area (Å²) in [6.45, 7) is 4.11. The lowest BCUT2D eigenvalue weighted by molar-refractivity contribution is 0.600. The maximum atomic E-state index is 12.3. The first-order valence-electron chi connectivity index (χ1n) is 6.55. The summed E-state index contributed by atoms with van der Waals surface area (Å²) in [5, 5.41) is 2.74. The number of sulfonamides is 1. The van der Waals surface area contributed by atoms with Crippen LogP contribution < -0.4 is 10.0 Å². The third-order valence-electron chi connectivity index (χ3n) is 2.97. The van der Waals surface area contributed by atoms with Crippen molar-refractivity contribution < 1.29 is 8.42 Å². The standard InChI is InChI=1S/C14H18N4O2S/c1-10(2)11-5-4-6-12(7-11)18-21(19,20)13-8-16-14(15-3)17-9-13/h4-10,18H,1-3H3,(H,15,16,17). The van der Waals surface area contributed by atoms with Crippen LogP contribution in [0.1, 0.15) is 25.3 Å². The minimum atomic E-state index is -3.68. The molecule has 2 N–H and O–H groups in total. The molecule has 21 heavy (non-hydrogen) atoms. The number of hydrogen-bond acceptors (Lipinski definition) is 5. The molecule has 0 aliphatic heterocycles. The molecule has 1 heterocycles. The van der Waals surface area contributed by atoms with Gasteiger partial charge in [0.1, 0.15) is 4.90 Å². The highest BCUT2D eigenvalue weighted by atomic mass is 32.2. The quantitative estimate of drug-likeness (QED) is 0.886. The average molecular weight is 306 g/mol. The predicted octanol–water partition coefficient (Wildman–Crippen LogP) is 2.44. The van der Waals surface area contributed by atoms with Gasteiger partial charge in [0.25, 0.3) is 10.0 Å². The van der Waals surface area contributed by atoms with Crippen molar-refractivity contribution in [1.82, 2.24) is 9.97 Å². The molecule has 0 fully saturated rings. The van der Waals surface area contributed by atoms with Crippen molar-refractivity contribution in [3.63, 3.8) is 0 Å². The average Bonchev–Trinajstić information content (AvgIpc) is 2.47. The van der Waals surface area contributed by atoms with Gasteiger partial charge in [-0.3, -0.25) is 4.72 Å². The fraction of sp³-hybridized carbons (Fsp3) is 0.286. The fourth-order valence-electron chi connectivity index (χ4n) is 1.76. The second kappa shape index (κ2) is 6.09. The highest BCUT2D eigenvalue weighted by molar-refractivity contribution is 7.92. The zero-order chi connectivity index (χ0) is 15.5. The van der Waals surface area contributed by atoms with E-state index in [1.54, 1.807) is 13.1 Å². The lowest BCUT2D eigenvalue weighted by Crippen LogP contribution is -2.14. The number of hydrogen-bond donors (Lipinski definition) is 2. The van der Waals surface area contributed by atoms with Crippen LogP contribution in [0, 0.1) is 0 Å². The van der Waals surface area contributed by atoms with Crippen LogP contribution in [0.25, 0.3) is 0 Å². The molecule has 1 aromatic carbocycles. The molecule has 0 amide bonds. The van der Waals surface area contributed by atoms with Crippen molar-refractivity contribution in [3.05, 3.63) is 42.2 Å². The Labute approximate surface area is 124 Å². The normalized spacial score (nSPS) is 11.4. The van der Waals surface area contributed by atoms with Gasteiger partial charge in [0, 0.05) is 12.7 Å². The maximum Gasteiger partial charge on any atom is 0.264 e. The first-order valence-corrected chi connectivity index (χ1v) is 8.03. The molecule has 2 rings (SSSR count). The maximum absolute atomic E-state index is 12.3. The second-order valence-corrected chi connectivity index (χ2v) is 6.56. The van der Waals surface area contributed by atoms with E-state index in [4.69, 9.17) is 0 Å². The Morgan fingerprint density at radius 3 is 2.38 bits per heavy atom. The summed E-state index contributed by atoms with van der Waals surface area (Å²) in [5.41, 5.74) is 1.59. The molecule has 0 aliphatic rings. The predicted molar refractivity (Wildman–Crippen MR) is 82.9 cm³/mol. The van der Waals surface area contributed by atoms with Gasteiger partial charge in [0.15, 0.2) is 0 Å². The molecular formula is C14H18N4O2S. The van der Waals surface area contributed by atoms with Crippen LogP contribution >= 0.6 is 0 Å². The van der Waals surface area contributed by atoms with Gasteiger partial charge in [-0.2, -0.15) is 0 Å². The van der Waals surface area contributed by atoms with Crippen molar-refractivity contribution in [1.29, 1.82) is 0 Å². The second-order valence-electron chi connectivity index (χ2n) is 4.88. The monoisotopic (exact) mass is 306 g/mol. The first-order chi connectivity index (χ1) is 9.92. The van der Waals surface area contributed by atoms with Crippen LogP contribution in [0.5, 0.6) is 0 Å². The van der Waals surface area contributed by atoms with Gasteiger partial charge in [0.05, 0.1) is 12.4 Å². The molecule has 0 saturated heterocycles. The summed E-state index contributed by atoms with van der Waals surface area (Å²) in [7, 11) is -2.02. The van der Waals surface area contributed by atoms with Crippen LogP contribution in [0.3, 0.4) is 0 Å². The van der Waals surface area contributed by atoms with E-state index < -0.39 is 10.0 Å². The molecule has 1 aromatic heterocycles. The number of nitrogens with one attached hydrogen (secondary N) is 2. The summed E-state index contributed by atoms with van der Waals surface area (Å²) < 4.78 is 27.1. The number of nitrogens with zero attached hydrogens (tertiary/aromatic N) is 2. The summed E-state index contributed by atoms with van der Waals surface area (Å²) in [6, 6.07) is 7.33. The molecule has 0 saturated carbocycles. The number of rotatable bonds is 5. The molecule has 0 aliphatic carbocycles. The third-order valence-corrected chi connectivity index (χ3v) is 4.30. The first kappa shape index (κ1) is 15.2. The molecule has 6 nitrogen and oxygen atoms in total. The van der Waals surface area contributed by atoms with Gasteiger partial charge >= 0.3 is 0 Å².